The fourth-order valence-corrected chi connectivity index (χ4v) is 2.93. The van der Waals surface area contributed by atoms with E-state index in [1.165, 1.54) is 6.33 Å². The van der Waals surface area contributed by atoms with Crippen LogP contribution in [0.1, 0.15) is 10.4 Å². The van der Waals surface area contributed by atoms with Crippen molar-refractivity contribution in [3.63, 3.8) is 0 Å². The summed E-state index contributed by atoms with van der Waals surface area (Å²) in [4.78, 5) is 25.2. The Bertz CT molecular complexity index is 990. The molecule has 23 heavy (non-hydrogen) atoms. The van der Waals surface area contributed by atoms with Gasteiger partial charge in [0.25, 0.3) is 5.91 Å². The summed E-state index contributed by atoms with van der Waals surface area (Å²) in [6.45, 7) is 0. The second-order valence-electron chi connectivity index (χ2n) is 4.93. The van der Waals surface area contributed by atoms with Gasteiger partial charge in [0.2, 0.25) is 0 Å². The van der Waals surface area contributed by atoms with E-state index in [0.29, 0.717) is 16.8 Å². The maximum Gasteiger partial charge on any atom is 0.260 e. The Morgan fingerprint density at radius 1 is 1.13 bits per heavy atom. The number of halogens is 1. The lowest BCUT2D eigenvalue weighted by molar-refractivity contribution is 0.102. The molecule has 0 fully saturated rings. The molecule has 0 radical (unpaired) electrons. The zero-order valence-corrected chi connectivity index (χ0v) is 13.4. The number of pyridine rings is 2. The Kier molecular flexibility index (Phi) is 3.27. The van der Waals surface area contributed by atoms with Crippen LogP contribution >= 0.6 is 15.9 Å². The van der Waals surface area contributed by atoms with Crippen LogP contribution in [-0.2, 0) is 0 Å². The second-order valence-corrected chi connectivity index (χ2v) is 5.85. The van der Waals surface area contributed by atoms with E-state index in [-0.39, 0.29) is 5.91 Å². The van der Waals surface area contributed by atoms with E-state index in [0.717, 1.165) is 15.5 Å². The summed E-state index contributed by atoms with van der Waals surface area (Å²) in [5, 5.41) is 2.86. The van der Waals surface area contributed by atoms with Crippen LogP contribution in [0.25, 0.3) is 16.6 Å². The number of anilines is 1. The molecule has 112 valence electrons. The molecule has 7 heteroatoms. The number of amides is 1. The van der Waals surface area contributed by atoms with Crippen LogP contribution in [0.5, 0.6) is 0 Å². The van der Waals surface area contributed by atoms with Gasteiger partial charge in [-0.3, -0.25) is 9.78 Å². The van der Waals surface area contributed by atoms with Gasteiger partial charge in [-0.1, -0.05) is 6.07 Å². The lowest BCUT2D eigenvalue weighted by Crippen LogP contribution is -2.12. The van der Waals surface area contributed by atoms with Gasteiger partial charge in [0.1, 0.15) is 11.8 Å². The van der Waals surface area contributed by atoms with Crippen LogP contribution in [0.15, 0.2) is 59.9 Å². The highest BCUT2D eigenvalue weighted by atomic mass is 79.9. The van der Waals surface area contributed by atoms with E-state index in [2.05, 4.69) is 36.2 Å². The number of hydrogen-bond donors (Lipinski definition) is 1. The predicted molar refractivity (Wildman–Crippen MR) is 90.4 cm³/mol. The third-order valence-electron chi connectivity index (χ3n) is 3.50. The molecule has 0 bridgehead atoms. The Balaban J connectivity index is 1.88. The van der Waals surface area contributed by atoms with Crippen molar-refractivity contribution in [3.05, 3.63) is 65.4 Å². The first-order valence-corrected chi connectivity index (χ1v) is 7.64. The number of rotatable bonds is 2. The van der Waals surface area contributed by atoms with Gasteiger partial charge in [0.05, 0.1) is 34.7 Å². The van der Waals surface area contributed by atoms with Crippen LogP contribution in [0.4, 0.5) is 5.69 Å². The van der Waals surface area contributed by atoms with Crippen molar-refractivity contribution >= 4 is 44.1 Å². The average molecular weight is 368 g/mol. The van der Waals surface area contributed by atoms with Crippen molar-refractivity contribution in [1.82, 2.24) is 19.4 Å². The Morgan fingerprint density at radius 2 is 2.04 bits per heavy atom. The molecule has 4 heterocycles. The lowest BCUT2D eigenvalue weighted by Gasteiger charge is -2.04. The average Bonchev–Trinajstić information content (AvgIpc) is 2.89. The summed E-state index contributed by atoms with van der Waals surface area (Å²) in [7, 11) is 0. The molecule has 0 aliphatic carbocycles. The summed E-state index contributed by atoms with van der Waals surface area (Å²) in [6, 6.07) is 7.47. The zero-order chi connectivity index (χ0) is 15.8. The number of hydrogen-bond acceptors (Lipinski definition) is 4. The van der Waals surface area contributed by atoms with Crippen molar-refractivity contribution in [3.8, 4) is 0 Å². The van der Waals surface area contributed by atoms with Gasteiger partial charge in [-0.25, -0.2) is 9.97 Å². The first-order valence-electron chi connectivity index (χ1n) is 6.85. The van der Waals surface area contributed by atoms with E-state index in [4.69, 9.17) is 0 Å². The summed E-state index contributed by atoms with van der Waals surface area (Å²) < 4.78 is 2.70. The highest BCUT2D eigenvalue weighted by Gasteiger charge is 2.19. The van der Waals surface area contributed by atoms with Crippen LogP contribution in [0.2, 0.25) is 0 Å². The molecule has 0 unspecified atom stereocenters. The normalized spacial score (nSPS) is 11.0. The van der Waals surface area contributed by atoms with E-state index < -0.39 is 0 Å². The molecule has 1 amide bonds. The van der Waals surface area contributed by atoms with Crippen molar-refractivity contribution in [2.45, 2.75) is 0 Å². The van der Waals surface area contributed by atoms with E-state index in [1.807, 2.05) is 28.8 Å². The predicted octanol–water partition coefficient (Wildman–Crippen LogP) is 3.29. The standard InChI is InChI=1S/C16H10BrN5O/c17-10-5-11(7-18-6-10)21-16(23)14-12-3-1-2-4-22(12)13-8-19-9-20-15(13)14/h1-9H,(H,21,23). The number of fused-ring (bicyclic) bond motifs is 3. The van der Waals surface area contributed by atoms with Crippen molar-refractivity contribution in [2.24, 2.45) is 0 Å². The molecule has 6 nitrogen and oxygen atoms in total. The lowest BCUT2D eigenvalue weighted by atomic mass is 10.2. The van der Waals surface area contributed by atoms with Crippen LogP contribution in [0, 0.1) is 0 Å². The monoisotopic (exact) mass is 367 g/mol. The summed E-state index contributed by atoms with van der Waals surface area (Å²) >= 11 is 3.34. The number of carbonyl (C=O) groups is 1. The minimum atomic E-state index is -0.234. The van der Waals surface area contributed by atoms with Crippen molar-refractivity contribution < 1.29 is 4.79 Å². The molecule has 0 atom stereocenters. The molecule has 0 aliphatic heterocycles. The molecule has 4 aromatic heterocycles. The Morgan fingerprint density at radius 3 is 2.91 bits per heavy atom. The van der Waals surface area contributed by atoms with Gasteiger partial charge in [-0.2, -0.15) is 0 Å². The maximum atomic E-state index is 12.8. The Hall–Kier alpha value is -2.80. The molecule has 0 saturated heterocycles. The molecular weight excluding hydrogens is 358 g/mol. The van der Waals surface area contributed by atoms with Gasteiger partial charge in [-0.15, -0.1) is 0 Å². The van der Waals surface area contributed by atoms with Gasteiger partial charge in [0, 0.05) is 16.9 Å². The fourth-order valence-electron chi connectivity index (χ4n) is 2.57. The molecule has 0 saturated carbocycles. The van der Waals surface area contributed by atoms with Gasteiger partial charge < -0.3 is 9.72 Å². The number of nitrogens with zero attached hydrogens (tertiary/aromatic N) is 4. The second kappa shape index (κ2) is 5.44. The fraction of sp³-hybridized carbons (Fsp3) is 0. The first kappa shape index (κ1) is 13.8. The topological polar surface area (TPSA) is 72.2 Å². The largest absolute Gasteiger partial charge is 0.320 e. The highest BCUT2D eigenvalue weighted by Crippen LogP contribution is 2.25. The smallest absolute Gasteiger partial charge is 0.260 e. The molecule has 4 rings (SSSR count). The minimum absolute atomic E-state index is 0.234. The van der Waals surface area contributed by atoms with Gasteiger partial charge in [0.15, 0.2) is 0 Å². The molecule has 1 N–H and O–H groups in total. The molecular formula is C16H10BrN5O. The third kappa shape index (κ3) is 2.35. The van der Waals surface area contributed by atoms with Gasteiger partial charge in [-0.05, 0) is 34.1 Å². The van der Waals surface area contributed by atoms with Crippen LogP contribution < -0.4 is 5.32 Å². The van der Waals surface area contributed by atoms with Gasteiger partial charge >= 0.3 is 0 Å². The Labute approximate surface area is 139 Å². The minimum Gasteiger partial charge on any atom is -0.320 e. The van der Waals surface area contributed by atoms with Crippen molar-refractivity contribution in [2.75, 3.05) is 5.32 Å². The number of carbonyl (C=O) groups excluding carboxylic acids is 1. The molecule has 0 spiro atoms. The summed E-state index contributed by atoms with van der Waals surface area (Å²) in [6.07, 6.45) is 8.29. The quantitative estimate of drug-likeness (QED) is 0.589. The highest BCUT2D eigenvalue weighted by molar-refractivity contribution is 9.10. The third-order valence-corrected chi connectivity index (χ3v) is 3.93. The van der Waals surface area contributed by atoms with E-state index in [1.54, 1.807) is 24.7 Å². The van der Waals surface area contributed by atoms with Crippen molar-refractivity contribution in [1.29, 1.82) is 0 Å². The van der Waals surface area contributed by atoms with E-state index in [9.17, 15) is 4.79 Å². The summed E-state index contributed by atoms with van der Waals surface area (Å²) in [5.74, 6) is -0.234. The first-order chi connectivity index (χ1) is 11.2. The molecule has 4 aromatic rings. The number of nitrogens with one attached hydrogen (secondary N) is 1. The zero-order valence-electron chi connectivity index (χ0n) is 11.8. The SMILES string of the molecule is O=C(Nc1cncc(Br)c1)c1c2ncncc2n2ccccc12. The molecule has 0 aliphatic rings. The van der Waals surface area contributed by atoms with Crippen LogP contribution in [0.3, 0.4) is 0 Å². The summed E-state index contributed by atoms with van der Waals surface area (Å²) in [5.41, 5.74) is 3.32. The molecule has 0 aromatic carbocycles. The number of aromatic nitrogens is 4. The van der Waals surface area contributed by atoms with Crippen LogP contribution in [-0.4, -0.2) is 25.3 Å². The van der Waals surface area contributed by atoms with E-state index >= 15 is 0 Å². The maximum absolute atomic E-state index is 12.8.